The molecular formula is C13H6Cl2F6N4O4. The molecule has 1 heterocycles. The number of benzene rings is 1. The Morgan fingerprint density at radius 3 is 2.00 bits per heavy atom. The molecule has 0 aromatic heterocycles. The predicted octanol–water partition coefficient (Wildman–Crippen LogP) is 4.85. The third-order valence-corrected chi connectivity index (χ3v) is 4.33. The van der Waals surface area contributed by atoms with Crippen LogP contribution < -0.4 is 10.6 Å². The molecule has 0 saturated heterocycles. The third kappa shape index (κ3) is 4.23. The summed E-state index contributed by atoms with van der Waals surface area (Å²) in [5.41, 5.74) is -2.36. The molecule has 1 aromatic rings. The van der Waals surface area contributed by atoms with E-state index < -0.39 is 66.6 Å². The Kier molecular flexibility index (Phi) is 5.75. The summed E-state index contributed by atoms with van der Waals surface area (Å²) in [7, 11) is 0. The number of nitrogens with zero attached hydrogens (tertiary/aromatic N) is 3. The second-order valence-electron chi connectivity index (χ2n) is 5.43. The Labute approximate surface area is 166 Å². The van der Waals surface area contributed by atoms with Gasteiger partial charge in [-0.15, -0.1) is 0 Å². The maximum Gasteiger partial charge on any atom is 0.418 e. The maximum absolute atomic E-state index is 13.1. The highest BCUT2D eigenvalue weighted by atomic mass is 35.5. The Bertz CT molecular complexity index is 960. The Balaban J connectivity index is 2.96. The summed E-state index contributed by atoms with van der Waals surface area (Å²) in [6.07, 6.45) is -11.7. The van der Waals surface area contributed by atoms with E-state index in [0.717, 1.165) is 0 Å². The molecule has 0 radical (unpaired) electrons. The van der Waals surface area contributed by atoms with Crippen molar-refractivity contribution >= 4 is 40.3 Å². The van der Waals surface area contributed by atoms with E-state index in [-0.39, 0.29) is 17.2 Å². The smallest absolute Gasteiger partial charge is 0.315 e. The number of hydrogen-bond donors (Lipinski definition) is 1. The Morgan fingerprint density at radius 1 is 1.03 bits per heavy atom. The number of rotatable bonds is 3. The van der Waals surface area contributed by atoms with Gasteiger partial charge < -0.3 is 10.6 Å². The molecular weight excluding hydrogens is 461 g/mol. The van der Waals surface area contributed by atoms with Crippen molar-refractivity contribution in [1.82, 2.24) is 0 Å². The van der Waals surface area contributed by atoms with Crippen molar-refractivity contribution in [2.45, 2.75) is 18.5 Å². The van der Waals surface area contributed by atoms with Crippen LogP contribution in [-0.4, -0.2) is 22.2 Å². The zero-order chi connectivity index (χ0) is 22.5. The van der Waals surface area contributed by atoms with Gasteiger partial charge in [0.1, 0.15) is 11.2 Å². The largest absolute Gasteiger partial charge is 0.418 e. The van der Waals surface area contributed by atoms with Gasteiger partial charge in [0.15, 0.2) is 0 Å². The summed E-state index contributed by atoms with van der Waals surface area (Å²) in [5.74, 6) is 0. The zero-order valence-corrected chi connectivity index (χ0v) is 14.9. The molecule has 16 heteroatoms. The van der Waals surface area contributed by atoms with Crippen LogP contribution in [-0.2, 0) is 6.18 Å². The lowest BCUT2D eigenvalue weighted by Crippen LogP contribution is -2.42. The topological polar surface area (TPSA) is 116 Å². The minimum absolute atomic E-state index is 0.134. The Morgan fingerprint density at radius 2 is 1.59 bits per heavy atom. The normalized spacial score (nSPS) is 17.7. The molecule has 2 rings (SSSR count). The maximum atomic E-state index is 13.1. The average Bonchev–Trinajstić information content (AvgIpc) is 2.53. The van der Waals surface area contributed by atoms with Crippen molar-refractivity contribution < 1.29 is 36.2 Å². The number of alkyl halides is 6. The first-order chi connectivity index (χ1) is 13.1. The predicted molar refractivity (Wildman–Crippen MR) is 88.3 cm³/mol. The number of allylic oxidation sites excluding steroid dienone is 2. The van der Waals surface area contributed by atoms with Crippen LogP contribution in [0, 0.1) is 20.2 Å². The first-order valence-corrected chi connectivity index (χ1v) is 7.75. The van der Waals surface area contributed by atoms with E-state index in [0.29, 0.717) is 6.08 Å². The summed E-state index contributed by atoms with van der Waals surface area (Å²) in [6, 6.07) is -0.134. The molecule has 0 spiro atoms. The molecule has 29 heavy (non-hydrogen) atoms. The fraction of sp³-hybridized carbons (Fsp3) is 0.231. The van der Waals surface area contributed by atoms with Gasteiger partial charge in [0.05, 0.1) is 26.0 Å². The van der Waals surface area contributed by atoms with Crippen LogP contribution in [0.2, 0.25) is 5.02 Å². The molecule has 1 aromatic carbocycles. The summed E-state index contributed by atoms with van der Waals surface area (Å²) in [5, 5.41) is 20.4. The van der Waals surface area contributed by atoms with E-state index in [2.05, 4.69) is 0 Å². The summed E-state index contributed by atoms with van der Waals surface area (Å²) in [6.45, 7) is 0. The lowest BCUT2D eigenvalue weighted by atomic mass is 10.1. The second-order valence-corrected chi connectivity index (χ2v) is 6.24. The fourth-order valence-corrected chi connectivity index (χ4v) is 2.92. The molecule has 1 aliphatic rings. The second kappa shape index (κ2) is 7.35. The lowest BCUT2D eigenvalue weighted by Gasteiger charge is -2.31. The first kappa shape index (κ1) is 22.7. The highest BCUT2D eigenvalue weighted by molar-refractivity contribution is 6.34. The van der Waals surface area contributed by atoms with Gasteiger partial charge in [-0.05, 0) is 6.08 Å². The number of nitro benzene ring substituents is 2. The van der Waals surface area contributed by atoms with Crippen LogP contribution >= 0.6 is 23.2 Å². The molecule has 0 fully saturated rings. The van der Waals surface area contributed by atoms with Crippen LogP contribution in [0.4, 0.5) is 43.4 Å². The van der Waals surface area contributed by atoms with Crippen LogP contribution in [0.1, 0.15) is 5.56 Å². The number of halogens is 8. The first-order valence-electron chi connectivity index (χ1n) is 6.99. The molecule has 1 unspecified atom stereocenters. The van der Waals surface area contributed by atoms with E-state index in [9.17, 15) is 46.6 Å². The van der Waals surface area contributed by atoms with Gasteiger partial charge in [-0.2, -0.15) is 26.3 Å². The average molecular weight is 467 g/mol. The van der Waals surface area contributed by atoms with Gasteiger partial charge in [-0.25, -0.2) is 0 Å². The van der Waals surface area contributed by atoms with Gasteiger partial charge in [0.2, 0.25) is 5.69 Å². The van der Waals surface area contributed by atoms with Gasteiger partial charge in [-0.1, -0.05) is 23.2 Å². The van der Waals surface area contributed by atoms with Gasteiger partial charge in [0.25, 0.3) is 0 Å². The minimum atomic E-state index is -5.33. The Hall–Kier alpha value is -2.58. The monoisotopic (exact) mass is 466 g/mol. The molecule has 1 aliphatic heterocycles. The van der Waals surface area contributed by atoms with E-state index >= 15 is 0 Å². The van der Waals surface area contributed by atoms with E-state index in [1.807, 2.05) is 0 Å². The van der Waals surface area contributed by atoms with Crippen molar-refractivity contribution in [2.75, 3.05) is 4.90 Å². The number of nitrogens with two attached hydrogens (primary N) is 1. The number of nitro groups is 2. The lowest BCUT2D eigenvalue weighted by molar-refractivity contribution is -0.392. The van der Waals surface area contributed by atoms with Crippen molar-refractivity contribution in [3.8, 4) is 0 Å². The van der Waals surface area contributed by atoms with Crippen molar-refractivity contribution in [2.24, 2.45) is 5.73 Å². The van der Waals surface area contributed by atoms with Crippen LogP contribution in [0.5, 0.6) is 0 Å². The van der Waals surface area contributed by atoms with Gasteiger partial charge >= 0.3 is 23.7 Å². The fourth-order valence-electron chi connectivity index (χ4n) is 2.38. The number of anilines is 1. The molecule has 158 valence electrons. The quantitative estimate of drug-likeness (QED) is 0.386. The summed E-state index contributed by atoms with van der Waals surface area (Å²) < 4.78 is 78.5. The third-order valence-electron chi connectivity index (χ3n) is 3.62. The molecule has 2 N–H and O–H groups in total. The SMILES string of the molecule is NC1C(Cl)=CC(C(F)(F)F)=CN1c1c([N+](=O)[O-])cc(C(F)(F)F)c(Cl)c1[N+](=O)[O-]. The van der Waals surface area contributed by atoms with Crippen molar-refractivity contribution in [1.29, 1.82) is 0 Å². The molecule has 0 amide bonds. The highest BCUT2D eigenvalue weighted by Gasteiger charge is 2.45. The standard InChI is InChI=1S/C13H6Cl2F6N4O4/c14-6-1-4(12(16,17)18)3-23(11(6)22)9-7(24(26)27)2-5(13(19,20)21)8(15)10(9)25(28)29/h1-3,11H,22H2. The molecule has 0 aliphatic carbocycles. The zero-order valence-electron chi connectivity index (χ0n) is 13.4. The molecule has 1 atom stereocenters. The minimum Gasteiger partial charge on any atom is -0.315 e. The molecule has 0 bridgehead atoms. The van der Waals surface area contributed by atoms with Gasteiger partial charge in [-0.3, -0.25) is 20.2 Å². The molecule has 0 saturated carbocycles. The number of hydrogen-bond acceptors (Lipinski definition) is 6. The van der Waals surface area contributed by atoms with Crippen molar-refractivity contribution in [3.63, 3.8) is 0 Å². The van der Waals surface area contributed by atoms with Crippen LogP contribution in [0.3, 0.4) is 0 Å². The molecule has 8 nitrogen and oxygen atoms in total. The van der Waals surface area contributed by atoms with E-state index in [1.54, 1.807) is 0 Å². The van der Waals surface area contributed by atoms with Crippen LogP contribution in [0.15, 0.2) is 28.9 Å². The van der Waals surface area contributed by atoms with Crippen molar-refractivity contribution in [3.05, 3.63) is 59.8 Å². The van der Waals surface area contributed by atoms with Crippen LogP contribution in [0.25, 0.3) is 0 Å². The summed E-state index contributed by atoms with van der Waals surface area (Å²) in [4.78, 5) is 19.9. The van der Waals surface area contributed by atoms with E-state index in [4.69, 9.17) is 28.9 Å². The van der Waals surface area contributed by atoms with E-state index in [1.165, 1.54) is 0 Å². The summed E-state index contributed by atoms with van der Waals surface area (Å²) >= 11 is 11.1. The van der Waals surface area contributed by atoms with Gasteiger partial charge in [0, 0.05) is 12.3 Å². The highest BCUT2D eigenvalue weighted by Crippen LogP contribution is 2.50.